The lowest BCUT2D eigenvalue weighted by Crippen LogP contribution is -2.48. The molecule has 0 saturated carbocycles. The highest BCUT2D eigenvalue weighted by atomic mass is 16.3. The van der Waals surface area contributed by atoms with Crippen LogP contribution in [0.15, 0.2) is 41.0 Å². The summed E-state index contributed by atoms with van der Waals surface area (Å²) in [4.78, 5) is 16.9. The molecule has 1 fully saturated rings. The first kappa shape index (κ1) is 16.7. The van der Waals surface area contributed by atoms with Gasteiger partial charge in [0.25, 0.3) is 0 Å². The highest BCUT2D eigenvalue weighted by molar-refractivity contribution is 5.93. The van der Waals surface area contributed by atoms with Gasteiger partial charge in [0.1, 0.15) is 5.76 Å². The zero-order valence-electron chi connectivity index (χ0n) is 14.4. The number of amides is 1. The van der Waals surface area contributed by atoms with E-state index in [1.807, 2.05) is 38.1 Å². The van der Waals surface area contributed by atoms with Crippen LogP contribution >= 0.6 is 0 Å². The Morgan fingerprint density at radius 3 is 2.58 bits per heavy atom. The van der Waals surface area contributed by atoms with Crippen LogP contribution in [0, 0.1) is 13.8 Å². The zero-order valence-corrected chi connectivity index (χ0v) is 14.4. The molecule has 3 rings (SSSR count). The Morgan fingerprint density at radius 1 is 1.12 bits per heavy atom. The van der Waals surface area contributed by atoms with Gasteiger partial charge in [0, 0.05) is 31.9 Å². The minimum Gasteiger partial charge on any atom is -0.468 e. The number of carbonyl (C=O) groups is 1. The lowest BCUT2D eigenvalue weighted by atomic mass is 10.1. The summed E-state index contributed by atoms with van der Waals surface area (Å²) in [7, 11) is 0. The second-order valence-corrected chi connectivity index (χ2v) is 6.50. The van der Waals surface area contributed by atoms with Crippen molar-refractivity contribution in [2.45, 2.75) is 20.4 Å². The van der Waals surface area contributed by atoms with Crippen molar-refractivity contribution >= 4 is 11.6 Å². The maximum absolute atomic E-state index is 12.3. The number of hydrogen-bond acceptors (Lipinski definition) is 4. The molecule has 1 aliphatic heterocycles. The van der Waals surface area contributed by atoms with E-state index in [4.69, 9.17) is 4.42 Å². The van der Waals surface area contributed by atoms with E-state index in [9.17, 15) is 4.79 Å². The lowest BCUT2D eigenvalue weighted by Gasteiger charge is -2.33. The van der Waals surface area contributed by atoms with Gasteiger partial charge in [-0.25, -0.2) is 0 Å². The van der Waals surface area contributed by atoms with E-state index < -0.39 is 0 Å². The van der Waals surface area contributed by atoms with Gasteiger partial charge in [0.15, 0.2) is 0 Å². The van der Waals surface area contributed by atoms with Crippen LogP contribution < -0.4 is 5.32 Å². The number of anilines is 1. The summed E-state index contributed by atoms with van der Waals surface area (Å²) < 4.78 is 5.40. The van der Waals surface area contributed by atoms with E-state index in [0.29, 0.717) is 6.54 Å². The number of nitrogens with zero attached hydrogens (tertiary/aromatic N) is 2. The number of aryl methyl sites for hydroxylation is 2. The van der Waals surface area contributed by atoms with Gasteiger partial charge in [-0.05, 0) is 43.2 Å². The third-order valence-electron chi connectivity index (χ3n) is 4.46. The van der Waals surface area contributed by atoms with E-state index in [1.165, 1.54) is 0 Å². The summed E-state index contributed by atoms with van der Waals surface area (Å²) >= 11 is 0. The highest BCUT2D eigenvalue weighted by Crippen LogP contribution is 2.16. The van der Waals surface area contributed by atoms with Crippen molar-refractivity contribution in [2.75, 3.05) is 38.0 Å². The van der Waals surface area contributed by atoms with Gasteiger partial charge in [-0.15, -0.1) is 0 Å². The predicted molar refractivity (Wildman–Crippen MR) is 95.0 cm³/mol. The van der Waals surface area contributed by atoms with Gasteiger partial charge in [-0.2, -0.15) is 0 Å². The van der Waals surface area contributed by atoms with E-state index in [-0.39, 0.29) is 5.91 Å². The van der Waals surface area contributed by atoms with Crippen molar-refractivity contribution < 1.29 is 9.21 Å². The molecule has 1 aliphatic rings. The molecule has 0 atom stereocenters. The van der Waals surface area contributed by atoms with Crippen LogP contribution in [-0.2, 0) is 11.3 Å². The largest absolute Gasteiger partial charge is 0.468 e. The zero-order chi connectivity index (χ0) is 16.9. The van der Waals surface area contributed by atoms with E-state index >= 15 is 0 Å². The molecule has 0 radical (unpaired) electrons. The lowest BCUT2D eigenvalue weighted by molar-refractivity contribution is -0.117. The van der Waals surface area contributed by atoms with Crippen LogP contribution in [0.1, 0.15) is 16.9 Å². The van der Waals surface area contributed by atoms with Gasteiger partial charge >= 0.3 is 0 Å². The van der Waals surface area contributed by atoms with Gasteiger partial charge < -0.3 is 9.73 Å². The molecular formula is C19H25N3O2. The monoisotopic (exact) mass is 327 g/mol. The summed E-state index contributed by atoms with van der Waals surface area (Å²) in [5.74, 6) is 1.05. The van der Waals surface area contributed by atoms with Gasteiger partial charge in [0.2, 0.25) is 5.91 Å². The van der Waals surface area contributed by atoms with Crippen molar-refractivity contribution in [2.24, 2.45) is 0 Å². The number of furan rings is 1. The van der Waals surface area contributed by atoms with Crippen LogP contribution in [-0.4, -0.2) is 48.4 Å². The van der Waals surface area contributed by atoms with Gasteiger partial charge in [-0.1, -0.05) is 12.1 Å². The van der Waals surface area contributed by atoms with Crippen LogP contribution in [0.2, 0.25) is 0 Å². The molecule has 1 aromatic heterocycles. The summed E-state index contributed by atoms with van der Waals surface area (Å²) in [5.41, 5.74) is 3.16. The van der Waals surface area contributed by atoms with E-state index in [1.54, 1.807) is 6.26 Å². The van der Waals surface area contributed by atoms with Crippen LogP contribution in [0.4, 0.5) is 5.69 Å². The minimum atomic E-state index is 0.0585. The average molecular weight is 327 g/mol. The number of nitrogens with one attached hydrogen (secondary N) is 1. The Morgan fingerprint density at radius 2 is 1.88 bits per heavy atom. The molecule has 24 heavy (non-hydrogen) atoms. The third-order valence-corrected chi connectivity index (χ3v) is 4.46. The number of rotatable bonds is 5. The maximum atomic E-state index is 12.3. The Kier molecular flexibility index (Phi) is 5.33. The third kappa shape index (κ3) is 4.46. The quantitative estimate of drug-likeness (QED) is 0.917. The Bertz CT molecular complexity index is 674. The van der Waals surface area contributed by atoms with Crippen LogP contribution in [0.5, 0.6) is 0 Å². The second-order valence-electron chi connectivity index (χ2n) is 6.50. The summed E-state index contributed by atoms with van der Waals surface area (Å²) in [5, 5.41) is 3.04. The minimum absolute atomic E-state index is 0.0585. The van der Waals surface area contributed by atoms with Crippen molar-refractivity contribution in [3.8, 4) is 0 Å². The number of benzene rings is 1. The second kappa shape index (κ2) is 7.64. The van der Waals surface area contributed by atoms with E-state index in [2.05, 4.69) is 21.2 Å². The normalized spacial score (nSPS) is 16.2. The fourth-order valence-electron chi connectivity index (χ4n) is 2.99. The molecule has 1 saturated heterocycles. The topological polar surface area (TPSA) is 48.7 Å². The molecule has 128 valence electrons. The molecule has 5 heteroatoms. The van der Waals surface area contributed by atoms with Gasteiger partial charge in [0.05, 0.1) is 19.4 Å². The summed E-state index contributed by atoms with van der Waals surface area (Å²) in [6, 6.07) is 10.0. The highest BCUT2D eigenvalue weighted by Gasteiger charge is 2.19. The molecule has 1 aromatic carbocycles. The summed E-state index contributed by atoms with van der Waals surface area (Å²) in [6.07, 6.45) is 1.71. The SMILES string of the molecule is Cc1ccc(C)c(NC(=O)CN2CCN(Cc3ccco3)CC2)c1. The molecule has 0 unspecified atom stereocenters. The molecule has 2 heterocycles. The number of carbonyl (C=O) groups excluding carboxylic acids is 1. The summed E-state index contributed by atoms with van der Waals surface area (Å²) in [6.45, 7) is 9.06. The fourth-order valence-corrected chi connectivity index (χ4v) is 2.99. The molecule has 0 spiro atoms. The molecule has 0 bridgehead atoms. The van der Waals surface area contributed by atoms with E-state index in [0.717, 1.165) is 55.3 Å². The Labute approximate surface area is 143 Å². The molecule has 2 aromatic rings. The first-order chi connectivity index (χ1) is 11.6. The first-order valence-electron chi connectivity index (χ1n) is 8.44. The molecule has 1 amide bonds. The standard InChI is InChI=1S/C19H25N3O2/c1-15-5-6-16(2)18(12-15)20-19(23)14-22-9-7-21(8-10-22)13-17-4-3-11-24-17/h3-6,11-12H,7-10,13-14H2,1-2H3,(H,20,23). The van der Waals surface area contributed by atoms with Crippen LogP contribution in [0.25, 0.3) is 0 Å². The first-order valence-corrected chi connectivity index (χ1v) is 8.44. The fraction of sp³-hybridized carbons (Fsp3) is 0.421. The van der Waals surface area contributed by atoms with Crippen LogP contribution in [0.3, 0.4) is 0 Å². The van der Waals surface area contributed by atoms with Crippen molar-refractivity contribution in [3.05, 3.63) is 53.5 Å². The van der Waals surface area contributed by atoms with Crippen molar-refractivity contribution in [3.63, 3.8) is 0 Å². The molecule has 5 nitrogen and oxygen atoms in total. The van der Waals surface area contributed by atoms with Crippen molar-refractivity contribution in [1.82, 2.24) is 9.80 Å². The molecule has 0 aliphatic carbocycles. The maximum Gasteiger partial charge on any atom is 0.238 e. The predicted octanol–water partition coefficient (Wildman–Crippen LogP) is 2.65. The molecule has 1 N–H and O–H groups in total. The van der Waals surface area contributed by atoms with Gasteiger partial charge in [-0.3, -0.25) is 14.6 Å². The average Bonchev–Trinajstić information content (AvgIpc) is 3.06. The Balaban J connectivity index is 1.45. The molecular weight excluding hydrogens is 302 g/mol. The Hall–Kier alpha value is -2.11. The number of piperazine rings is 1. The number of hydrogen-bond donors (Lipinski definition) is 1. The smallest absolute Gasteiger partial charge is 0.238 e. The van der Waals surface area contributed by atoms with Crippen molar-refractivity contribution in [1.29, 1.82) is 0 Å².